The molecule has 2 rings (SSSR count). The maximum Gasteiger partial charge on any atom is 0.203 e. The van der Waals surface area contributed by atoms with E-state index in [0.29, 0.717) is 12.6 Å². The van der Waals surface area contributed by atoms with Crippen molar-refractivity contribution in [3.63, 3.8) is 0 Å². The largest absolute Gasteiger partial charge is 0.383 e. The van der Waals surface area contributed by atoms with Crippen molar-refractivity contribution >= 4 is 5.95 Å². The predicted molar refractivity (Wildman–Crippen MR) is 72.9 cm³/mol. The zero-order chi connectivity index (χ0) is 12.8. The van der Waals surface area contributed by atoms with Gasteiger partial charge in [0.15, 0.2) is 0 Å². The molecule has 18 heavy (non-hydrogen) atoms. The average molecular weight is 252 g/mol. The van der Waals surface area contributed by atoms with Gasteiger partial charge in [0.05, 0.1) is 6.61 Å². The molecule has 0 aromatic carbocycles. The third-order valence-corrected chi connectivity index (χ3v) is 3.36. The number of likely N-dealkylation sites (tertiary alicyclic amines) is 1. The van der Waals surface area contributed by atoms with Gasteiger partial charge in [-0.05, 0) is 32.9 Å². The highest BCUT2D eigenvalue weighted by Crippen LogP contribution is 2.10. The number of hydrogen-bond acceptors (Lipinski definition) is 4. The number of rotatable bonds is 7. The molecule has 102 valence electrons. The molecule has 2 heterocycles. The molecule has 1 atom stereocenters. The summed E-state index contributed by atoms with van der Waals surface area (Å²) in [4.78, 5) is 6.88. The van der Waals surface area contributed by atoms with Gasteiger partial charge in [0, 0.05) is 38.6 Å². The van der Waals surface area contributed by atoms with Crippen LogP contribution >= 0.6 is 0 Å². The molecule has 1 unspecified atom stereocenters. The molecule has 1 fully saturated rings. The molecule has 0 aliphatic carbocycles. The maximum absolute atomic E-state index is 5.10. The van der Waals surface area contributed by atoms with E-state index in [4.69, 9.17) is 4.74 Å². The van der Waals surface area contributed by atoms with E-state index < -0.39 is 0 Å². The van der Waals surface area contributed by atoms with Gasteiger partial charge in [-0.1, -0.05) is 0 Å². The lowest BCUT2D eigenvalue weighted by molar-refractivity contribution is 0.187. The molecule has 1 aromatic rings. The smallest absolute Gasteiger partial charge is 0.203 e. The molecule has 1 N–H and O–H groups in total. The normalized spacial score (nSPS) is 18.1. The third-order valence-electron chi connectivity index (χ3n) is 3.36. The second-order valence-electron chi connectivity index (χ2n) is 4.99. The highest BCUT2D eigenvalue weighted by Gasteiger charge is 2.15. The Morgan fingerprint density at radius 3 is 2.94 bits per heavy atom. The SMILES string of the molecule is COCCn1ccnc1NC(C)CN1CCCC1. The van der Waals surface area contributed by atoms with Crippen LogP contribution in [0.1, 0.15) is 19.8 Å². The first-order valence-corrected chi connectivity index (χ1v) is 6.78. The number of methoxy groups -OCH3 is 1. The first-order valence-electron chi connectivity index (χ1n) is 6.78. The first-order chi connectivity index (χ1) is 8.79. The van der Waals surface area contributed by atoms with Gasteiger partial charge in [-0.2, -0.15) is 0 Å². The summed E-state index contributed by atoms with van der Waals surface area (Å²) in [6, 6.07) is 0.423. The summed E-state index contributed by atoms with van der Waals surface area (Å²) in [6.45, 7) is 7.35. The highest BCUT2D eigenvalue weighted by atomic mass is 16.5. The molecule has 0 spiro atoms. The Kier molecular flexibility index (Phi) is 5.01. The van der Waals surface area contributed by atoms with E-state index in [2.05, 4.69) is 26.7 Å². The van der Waals surface area contributed by atoms with E-state index in [1.807, 2.05) is 12.4 Å². The molecule has 1 aliphatic rings. The van der Waals surface area contributed by atoms with E-state index in [1.165, 1.54) is 25.9 Å². The molecule has 0 saturated carbocycles. The Hall–Kier alpha value is -1.07. The van der Waals surface area contributed by atoms with Crippen molar-refractivity contribution in [1.82, 2.24) is 14.5 Å². The fourth-order valence-electron chi connectivity index (χ4n) is 2.44. The summed E-state index contributed by atoms with van der Waals surface area (Å²) < 4.78 is 7.20. The summed E-state index contributed by atoms with van der Waals surface area (Å²) in [5.74, 6) is 0.943. The second kappa shape index (κ2) is 6.75. The standard InChI is InChI=1S/C13H24N4O/c1-12(11-16-6-3-4-7-16)15-13-14-5-8-17(13)9-10-18-2/h5,8,12H,3-4,6-7,9-11H2,1-2H3,(H,14,15). The van der Waals surface area contributed by atoms with Gasteiger partial charge in [0.25, 0.3) is 0 Å². The van der Waals surface area contributed by atoms with E-state index in [9.17, 15) is 0 Å². The fraction of sp³-hybridized carbons (Fsp3) is 0.769. The molecule has 0 amide bonds. The predicted octanol–water partition coefficient (Wildman–Crippen LogP) is 1.43. The number of imidazole rings is 1. The van der Waals surface area contributed by atoms with Crippen LogP contribution in [0.5, 0.6) is 0 Å². The van der Waals surface area contributed by atoms with E-state index in [-0.39, 0.29) is 0 Å². The van der Waals surface area contributed by atoms with Crippen LogP contribution in [0.2, 0.25) is 0 Å². The Bertz CT molecular complexity index is 347. The van der Waals surface area contributed by atoms with E-state index in [1.54, 1.807) is 7.11 Å². The lowest BCUT2D eigenvalue weighted by Gasteiger charge is -2.22. The van der Waals surface area contributed by atoms with Crippen molar-refractivity contribution in [2.75, 3.05) is 38.7 Å². The zero-order valence-electron chi connectivity index (χ0n) is 11.4. The van der Waals surface area contributed by atoms with Gasteiger partial charge < -0.3 is 19.5 Å². The van der Waals surface area contributed by atoms with Crippen molar-refractivity contribution < 1.29 is 4.74 Å². The molecule has 5 heteroatoms. The van der Waals surface area contributed by atoms with Gasteiger partial charge >= 0.3 is 0 Å². The summed E-state index contributed by atoms with van der Waals surface area (Å²) >= 11 is 0. The summed E-state index contributed by atoms with van der Waals surface area (Å²) in [7, 11) is 1.72. The van der Waals surface area contributed by atoms with Gasteiger partial charge in [0.1, 0.15) is 0 Å². The van der Waals surface area contributed by atoms with Crippen LogP contribution in [0.3, 0.4) is 0 Å². The van der Waals surface area contributed by atoms with Crippen molar-refractivity contribution in [1.29, 1.82) is 0 Å². The molecule has 0 radical (unpaired) electrons. The average Bonchev–Trinajstić information content (AvgIpc) is 2.98. The maximum atomic E-state index is 5.10. The summed E-state index contributed by atoms with van der Waals surface area (Å²) in [5, 5.41) is 3.48. The Balaban J connectivity index is 1.81. The first kappa shape index (κ1) is 13.4. The molecule has 1 saturated heterocycles. The van der Waals surface area contributed by atoms with E-state index in [0.717, 1.165) is 19.0 Å². The van der Waals surface area contributed by atoms with Crippen LogP contribution in [0.25, 0.3) is 0 Å². The number of ether oxygens (including phenoxy) is 1. The van der Waals surface area contributed by atoms with Gasteiger partial charge in [-0.3, -0.25) is 0 Å². The van der Waals surface area contributed by atoms with Gasteiger partial charge in [-0.15, -0.1) is 0 Å². The number of aromatic nitrogens is 2. The summed E-state index contributed by atoms with van der Waals surface area (Å²) in [6.07, 6.45) is 6.51. The highest BCUT2D eigenvalue weighted by molar-refractivity contribution is 5.27. The van der Waals surface area contributed by atoms with Crippen LogP contribution in [0.4, 0.5) is 5.95 Å². The number of anilines is 1. The fourth-order valence-corrected chi connectivity index (χ4v) is 2.44. The van der Waals surface area contributed by atoms with Crippen LogP contribution in [-0.2, 0) is 11.3 Å². The lowest BCUT2D eigenvalue weighted by atomic mass is 10.3. The van der Waals surface area contributed by atoms with Gasteiger partial charge in [-0.25, -0.2) is 4.98 Å². The monoisotopic (exact) mass is 252 g/mol. The molecule has 5 nitrogen and oxygen atoms in total. The lowest BCUT2D eigenvalue weighted by Crippen LogP contribution is -2.33. The minimum atomic E-state index is 0.423. The van der Waals surface area contributed by atoms with E-state index >= 15 is 0 Å². The molecule has 0 bridgehead atoms. The quantitative estimate of drug-likeness (QED) is 0.797. The minimum absolute atomic E-state index is 0.423. The number of nitrogens with zero attached hydrogens (tertiary/aromatic N) is 3. The Morgan fingerprint density at radius 2 is 2.22 bits per heavy atom. The van der Waals surface area contributed by atoms with Crippen LogP contribution in [0.15, 0.2) is 12.4 Å². The second-order valence-corrected chi connectivity index (χ2v) is 4.99. The third kappa shape index (κ3) is 3.71. The Labute approximate surface area is 109 Å². The molecular formula is C13H24N4O. The van der Waals surface area contributed by atoms with Gasteiger partial charge in [0.2, 0.25) is 5.95 Å². The van der Waals surface area contributed by atoms with Crippen molar-refractivity contribution in [3.05, 3.63) is 12.4 Å². The molecule has 1 aliphatic heterocycles. The van der Waals surface area contributed by atoms with Crippen LogP contribution in [0, 0.1) is 0 Å². The summed E-state index contributed by atoms with van der Waals surface area (Å²) in [5.41, 5.74) is 0. The minimum Gasteiger partial charge on any atom is -0.383 e. The zero-order valence-corrected chi connectivity index (χ0v) is 11.4. The number of nitrogens with one attached hydrogen (secondary N) is 1. The topological polar surface area (TPSA) is 42.3 Å². The number of hydrogen-bond donors (Lipinski definition) is 1. The van der Waals surface area contributed by atoms with Crippen molar-refractivity contribution in [2.45, 2.75) is 32.4 Å². The van der Waals surface area contributed by atoms with Crippen molar-refractivity contribution in [3.8, 4) is 0 Å². The molecule has 1 aromatic heterocycles. The Morgan fingerprint density at radius 1 is 1.44 bits per heavy atom. The van der Waals surface area contributed by atoms with Crippen LogP contribution < -0.4 is 5.32 Å². The van der Waals surface area contributed by atoms with Crippen LogP contribution in [-0.4, -0.2) is 53.8 Å². The molecular weight excluding hydrogens is 228 g/mol. The van der Waals surface area contributed by atoms with Crippen molar-refractivity contribution in [2.24, 2.45) is 0 Å².